The van der Waals surface area contributed by atoms with Crippen LogP contribution in [0, 0.1) is 5.92 Å². The number of ketones is 5. The van der Waals surface area contributed by atoms with Gasteiger partial charge in [0.1, 0.15) is 28.9 Å². The summed E-state index contributed by atoms with van der Waals surface area (Å²) in [5.74, 6) is -0.566. The van der Waals surface area contributed by atoms with Gasteiger partial charge in [-0.15, -0.1) is 0 Å². The van der Waals surface area contributed by atoms with Gasteiger partial charge in [0.05, 0.1) is 0 Å². The van der Waals surface area contributed by atoms with E-state index in [1.807, 2.05) is 6.92 Å². The summed E-state index contributed by atoms with van der Waals surface area (Å²) in [5.41, 5.74) is 0. The standard InChI is InChI=1S/C18H28O5/c1-4-5-15(20)6-7-16(21)8-9-17(22)10-11-18(23)12-13(2)14(3)19/h13H,4-12H2,1-3H3. The molecule has 5 nitrogen and oxygen atoms in total. The summed E-state index contributed by atoms with van der Waals surface area (Å²) in [6.45, 7) is 5.05. The Morgan fingerprint density at radius 2 is 1.00 bits per heavy atom. The summed E-state index contributed by atoms with van der Waals surface area (Å²) in [6.07, 6.45) is 2.39. The Hall–Kier alpha value is -1.65. The van der Waals surface area contributed by atoms with Crippen molar-refractivity contribution in [2.45, 2.75) is 78.6 Å². The second-order valence-corrected chi connectivity index (χ2v) is 6.12. The van der Waals surface area contributed by atoms with E-state index < -0.39 is 0 Å². The van der Waals surface area contributed by atoms with Crippen molar-refractivity contribution in [3.63, 3.8) is 0 Å². The van der Waals surface area contributed by atoms with Crippen molar-refractivity contribution in [2.24, 2.45) is 5.92 Å². The first kappa shape index (κ1) is 21.4. The molecule has 0 radical (unpaired) electrons. The minimum atomic E-state index is -0.306. The van der Waals surface area contributed by atoms with Gasteiger partial charge in [-0.05, 0) is 13.3 Å². The van der Waals surface area contributed by atoms with Gasteiger partial charge in [0.15, 0.2) is 0 Å². The van der Waals surface area contributed by atoms with Gasteiger partial charge in [-0.3, -0.25) is 24.0 Å². The van der Waals surface area contributed by atoms with Crippen LogP contribution in [0.25, 0.3) is 0 Å². The number of hydrogen-bond acceptors (Lipinski definition) is 5. The summed E-state index contributed by atoms with van der Waals surface area (Å²) in [7, 11) is 0. The van der Waals surface area contributed by atoms with Crippen LogP contribution < -0.4 is 0 Å². The van der Waals surface area contributed by atoms with Crippen LogP contribution in [0.2, 0.25) is 0 Å². The van der Waals surface area contributed by atoms with Crippen LogP contribution in [-0.4, -0.2) is 28.9 Å². The van der Waals surface area contributed by atoms with E-state index >= 15 is 0 Å². The molecule has 0 saturated carbocycles. The van der Waals surface area contributed by atoms with E-state index in [4.69, 9.17) is 0 Å². The van der Waals surface area contributed by atoms with Crippen LogP contribution in [0.5, 0.6) is 0 Å². The Kier molecular flexibility index (Phi) is 11.0. The molecule has 0 fully saturated rings. The molecule has 0 amide bonds. The van der Waals surface area contributed by atoms with E-state index in [9.17, 15) is 24.0 Å². The monoisotopic (exact) mass is 324 g/mol. The van der Waals surface area contributed by atoms with Gasteiger partial charge in [0.25, 0.3) is 0 Å². The molecule has 0 aliphatic rings. The molecule has 0 aromatic heterocycles. The fourth-order valence-corrected chi connectivity index (χ4v) is 2.08. The van der Waals surface area contributed by atoms with Crippen LogP contribution in [0.4, 0.5) is 0 Å². The minimum Gasteiger partial charge on any atom is -0.300 e. The van der Waals surface area contributed by atoms with E-state index in [-0.39, 0.29) is 79.8 Å². The van der Waals surface area contributed by atoms with Gasteiger partial charge >= 0.3 is 0 Å². The summed E-state index contributed by atoms with van der Waals surface area (Å²) in [4.78, 5) is 57.3. The van der Waals surface area contributed by atoms with Crippen LogP contribution in [0.3, 0.4) is 0 Å². The van der Waals surface area contributed by atoms with E-state index in [1.54, 1.807) is 6.92 Å². The second-order valence-electron chi connectivity index (χ2n) is 6.12. The third-order valence-electron chi connectivity index (χ3n) is 3.80. The molecule has 130 valence electrons. The Bertz CT molecular complexity index is 450. The molecular weight excluding hydrogens is 296 g/mol. The molecule has 0 N–H and O–H groups in total. The highest BCUT2D eigenvalue weighted by atomic mass is 16.1. The zero-order chi connectivity index (χ0) is 17.8. The van der Waals surface area contributed by atoms with Gasteiger partial charge in [0.2, 0.25) is 0 Å². The van der Waals surface area contributed by atoms with Crippen LogP contribution in [0.15, 0.2) is 0 Å². The average Bonchev–Trinajstić information content (AvgIpc) is 2.48. The first-order valence-corrected chi connectivity index (χ1v) is 8.33. The fraction of sp³-hybridized carbons (Fsp3) is 0.722. The molecule has 0 heterocycles. The normalized spacial score (nSPS) is 11.8. The number of carbonyl (C=O) groups excluding carboxylic acids is 5. The zero-order valence-electron chi connectivity index (χ0n) is 14.5. The van der Waals surface area contributed by atoms with Gasteiger partial charge in [-0.2, -0.15) is 0 Å². The maximum absolute atomic E-state index is 11.7. The third-order valence-corrected chi connectivity index (χ3v) is 3.80. The topological polar surface area (TPSA) is 85.3 Å². The SMILES string of the molecule is CCCC(=O)CCC(=O)CCC(=O)CCC(=O)CC(C)C(C)=O. The van der Waals surface area contributed by atoms with E-state index in [2.05, 4.69) is 0 Å². The van der Waals surface area contributed by atoms with Crippen molar-refractivity contribution in [1.82, 2.24) is 0 Å². The molecular formula is C18H28O5. The quantitative estimate of drug-likeness (QED) is 0.490. The largest absolute Gasteiger partial charge is 0.300 e. The lowest BCUT2D eigenvalue weighted by Gasteiger charge is -2.06. The molecule has 1 atom stereocenters. The molecule has 0 saturated heterocycles. The molecule has 0 spiro atoms. The summed E-state index contributed by atoms with van der Waals surface area (Å²) < 4.78 is 0. The van der Waals surface area contributed by atoms with Crippen LogP contribution in [0.1, 0.15) is 78.6 Å². The smallest absolute Gasteiger partial charge is 0.134 e. The summed E-state index contributed by atoms with van der Waals surface area (Å²) in [6, 6.07) is 0. The first-order valence-electron chi connectivity index (χ1n) is 8.33. The number of Topliss-reactive ketones (excluding diaryl/α,β-unsaturated/α-hetero) is 5. The van der Waals surface area contributed by atoms with Crippen molar-refractivity contribution < 1.29 is 24.0 Å². The Balaban J connectivity index is 3.86. The maximum atomic E-state index is 11.7. The highest BCUT2D eigenvalue weighted by Gasteiger charge is 2.15. The van der Waals surface area contributed by atoms with Gasteiger partial charge in [-0.1, -0.05) is 13.8 Å². The lowest BCUT2D eigenvalue weighted by atomic mass is 9.97. The first-order chi connectivity index (χ1) is 10.8. The molecule has 23 heavy (non-hydrogen) atoms. The Labute approximate surface area is 138 Å². The predicted octanol–water partition coefficient (Wildman–Crippen LogP) is 3.02. The van der Waals surface area contributed by atoms with E-state index in [1.165, 1.54) is 6.92 Å². The molecule has 0 aromatic rings. The van der Waals surface area contributed by atoms with Crippen LogP contribution >= 0.6 is 0 Å². The molecule has 0 aliphatic heterocycles. The Morgan fingerprint density at radius 1 is 0.652 bits per heavy atom. The molecule has 5 heteroatoms. The van der Waals surface area contributed by atoms with Crippen molar-refractivity contribution in [3.05, 3.63) is 0 Å². The minimum absolute atomic E-state index is 0.0344. The molecule has 0 aromatic carbocycles. The van der Waals surface area contributed by atoms with Crippen LogP contribution in [-0.2, 0) is 24.0 Å². The highest BCUT2D eigenvalue weighted by Crippen LogP contribution is 2.09. The van der Waals surface area contributed by atoms with Gasteiger partial charge in [0, 0.05) is 57.3 Å². The number of carbonyl (C=O) groups is 5. The number of hydrogen-bond donors (Lipinski definition) is 0. The average molecular weight is 324 g/mol. The zero-order valence-corrected chi connectivity index (χ0v) is 14.5. The van der Waals surface area contributed by atoms with Crippen molar-refractivity contribution >= 4 is 28.9 Å². The van der Waals surface area contributed by atoms with Gasteiger partial charge < -0.3 is 0 Å². The van der Waals surface area contributed by atoms with E-state index in [0.29, 0.717) is 6.42 Å². The van der Waals surface area contributed by atoms with E-state index in [0.717, 1.165) is 6.42 Å². The lowest BCUT2D eigenvalue weighted by Crippen LogP contribution is -2.14. The van der Waals surface area contributed by atoms with Crippen molar-refractivity contribution in [1.29, 1.82) is 0 Å². The van der Waals surface area contributed by atoms with Crippen molar-refractivity contribution in [3.8, 4) is 0 Å². The molecule has 0 aliphatic carbocycles. The number of rotatable bonds is 14. The predicted molar refractivity (Wildman–Crippen MR) is 87.1 cm³/mol. The lowest BCUT2D eigenvalue weighted by molar-refractivity contribution is -0.128. The highest BCUT2D eigenvalue weighted by molar-refractivity contribution is 5.91. The fourth-order valence-electron chi connectivity index (χ4n) is 2.08. The van der Waals surface area contributed by atoms with Crippen molar-refractivity contribution in [2.75, 3.05) is 0 Å². The summed E-state index contributed by atoms with van der Waals surface area (Å²) in [5, 5.41) is 0. The Morgan fingerprint density at radius 3 is 1.35 bits per heavy atom. The molecule has 0 bridgehead atoms. The maximum Gasteiger partial charge on any atom is 0.134 e. The third kappa shape index (κ3) is 11.6. The molecule has 0 rings (SSSR count). The summed E-state index contributed by atoms with van der Waals surface area (Å²) >= 11 is 0. The molecule has 1 unspecified atom stereocenters. The van der Waals surface area contributed by atoms with Gasteiger partial charge in [-0.25, -0.2) is 0 Å². The second kappa shape index (κ2) is 11.9.